The van der Waals surface area contributed by atoms with Crippen molar-refractivity contribution in [1.29, 1.82) is 0 Å². The van der Waals surface area contributed by atoms with Gasteiger partial charge in [0.05, 0.1) is 18.8 Å². The van der Waals surface area contributed by atoms with Gasteiger partial charge in [0.1, 0.15) is 12.4 Å². The number of nitrogens with one attached hydrogen (secondary N) is 1. The molecule has 7 nitrogen and oxygen atoms in total. The fourth-order valence-electron chi connectivity index (χ4n) is 4.20. The van der Waals surface area contributed by atoms with Gasteiger partial charge in [0, 0.05) is 50.2 Å². The van der Waals surface area contributed by atoms with E-state index < -0.39 is 0 Å². The number of rotatable bonds is 10. The molecule has 0 bridgehead atoms. The fourth-order valence-corrected chi connectivity index (χ4v) is 4.20. The van der Waals surface area contributed by atoms with E-state index in [4.69, 9.17) is 4.74 Å². The van der Waals surface area contributed by atoms with Gasteiger partial charge < -0.3 is 19.9 Å². The standard InChI is InChI=1S/C26H37N5O2/c1-20-6-5-11-27-24(20)19-31(13-12-29(2)3)26(32)16-28-23-7-4-8-25-22(23)18-30(14-15-33-25)17-21-9-10-21/h4-8,11,21,28H,9-10,12-19H2,1-3H3. The second kappa shape index (κ2) is 11.0. The highest BCUT2D eigenvalue weighted by Gasteiger charge is 2.27. The molecular weight excluding hydrogens is 414 g/mol. The molecular formula is C26H37N5O2. The summed E-state index contributed by atoms with van der Waals surface area (Å²) in [6.45, 7) is 7.94. The second-order valence-electron chi connectivity index (χ2n) is 9.55. The quantitative estimate of drug-likeness (QED) is 0.599. The monoisotopic (exact) mass is 451 g/mol. The number of carbonyl (C=O) groups is 1. The minimum absolute atomic E-state index is 0.0730. The normalized spacial score (nSPS) is 16.1. The number of hydrogen-bond donors (Lipinski definition) is 1. The lowest BCUT2D eigenvalue weighted by Crippen LogP contribution is -2.39. The summed E-state index contributed by atoms with van der Waals surface area (Å²) in [5.74, 6) is 1.84. The zero-order chi connectivity index (χ0) is 23.2. The molecule has 0 atom stereocenters. The third kappa shape index (κ3) is 6.68. The third-order valence-corrected chi connectivity index (χ3v) is 6.45. The Bertz CT molecular complexity index is 944. The maximum atomic E-state index is 13.3. The van der Waals surface area contributed by atoms with Crippen LogP contribution in [0.2, 0.25) is 0 Å². The molecule has 0 radical (unpaired) electrons. The number of fused-ring (bicyclic) bond motifs is 1. The molecule has 4 rings (SSSR count). The molecule has 7 heteroatoms. The van der Waals surface area contributed by atoms with Crippen molar-refractivity contribution in [2.45, 2.75) is 32.9 Å². The molecule has 2 aromatic rings. The van der Waals surface area contributed by atoms with Crippen molar-refractivity contribution in [1.82, 2.24) is 19.7 Å². The van der Waals surface area contributed by atoms with E-state index in [-0.39, 0.29) is 12.5 Å². The first-order valence-corrected chi connectivity index (χ1v) is 12.0. The fraction of sp³-hybridized carbons (Fsp3) is 0.538. The van der Waals surface area contributed by atoms with Crippen LogP contribution in [0, 0.1) is 12.8 Å². The molecule has 1 fully saturated rings. The summed E-state index contributed by atoms with van der Waals surface area (Å²) in [6.07, 6.45) is 4.48. The molecule has 1 saturated carbocycles. The van der Waals surface area contributed by atoms with Crippen molar-refractivity contribution in [3.05, 3.63) is 53.3 Å². The number of anilines is 1. The molecule has 1 aromatic heterocycles. The summed E-state index contributed by atoms with van der Waals surface area (Å²) in [5, 5.41) is 3.43. The second-order valence-corrected chi connectivity index (χ2v) is 9.55. The van der Waals surface area contributed by atoms with Gasteiger partial charge >= 0.3 is 0 Å². The minimum atomic E-state index is 0.0730. The van der Waals surface area contributed by atoms with Crippen molar-refractivity contribution >= 4 is 11.6 Å². The summed E-state index contributed by atoms with van der Waals surface area (Å²) < 4.78 is 6.04. The van der Waals surface area contributed by atoms with Crippen LogP contribution in [-0.4, -0.2) is 79.0 Å². The van der Waals surface area contributed by atoms with Crippen LogP contribution in [-0.2, 0) is 17.9 Å². The van der Waals surface area contributed by atoms with E-state index in [0.717, 1.165) is 60.4 Å². The third-order valence-electron chi connectivity index (χ3n) is 6.45. The SMILES string of the molecule is Cc1cccnc1CN(CCN(C)C)C(=O)CNc1cccc2c1CN(CC1CC1)CCO2. The lowest BCUT2D eigenvalue weighted by molar-refractivity contribution is -0.130. The Morgan fingerprint density at radius 2 is 2.06 bits per heavy atom. The topological polar surface area (TPSA) is 60.9 Å². The van der Waals surface area contributed by atoms with Crippen LogP contribution in [0.25, 0.3) is 0 Å². The number of benzene rings is 1. The molecule has 0 unspecified atom stereocenters. The van der Waals surface area contributed by atoms with Crippen LogP contribution < -0.4 is 10.1 Å². The minimum Gasteiger partial charge on any atom is -0.492 e. The number of likely N-dealkylation sites (N-methyl/N-ethyl adjacent to an activating group) is 1. The summed E-state index contributed by atoms with van der Waals surface area (Å²) in [6, 6.07) is 10.1. The number of hydrogen-bond acceptors (Lipinski definition) is 6. The summed E-state index contributed by atoms with van der Waals surface area (Å²) in [4.78, 5) is 24.3. The van der Waals surface area contributed by atoms with E-state index in [1.165, 1.54) is 12.8 Å². The highest BCUT2D eigenvalue weighted by molar-refractivity contribution is 5.81. The molecule has 178 valence electrons. The Morgan fingerprint density at radius 3 is 2.82 bits per heavy atom. The lowest BCUT2D eigenvalue weighted by Gasteiger charge is -2.26. The molecule has 0 spiro atoms. The van der Waals surface area contributed by atoms with Crippen molar-refractivity contribution in [2.75, 3.05) is 58.7 Å². The average molecular weight is 452 g/mol. The number of carbonyl (C=O) groups excluding carboxylic acids is 1. The summed E-state index contributed by atoms with van der Waals surface area (Å²) in [5.41, 5.74) is 4.20. The van der Waals surface area contributed by atoms with Crippen LogP contribution in [0.4, 0.5) is 5.69 Å². The Kier molecular flexibility index (Phi) is 7.83. The predicted octanol–water partition coefficient (Wildman–Crippen LogP) is 3.00. The van der Waals surface area contributed by atoms with Crippen LogP contribution in [0.3, 0.4) is 0 Å². The Hall–Kier alpha value is -2.64. The molecule has 2 heterocycles. The van der Waals surface area contributed by atoms with Crippen LogP contribution in [0.5, 0.6) is 5.75 Å². The zero-order valence-electron chi connectivity index (χ0n) is 20.2. The molecule has 1 N–H and O–H groups in total. The maximum absolute atomic E-state index is 13.3. The number of ether oxygens (including phenoxy) is 1. The number of amides is 1. The van der Waals surface area contributed by atoms with Gasteiger partial charge in [-0.1, -0.05) is 12.1 Å². The van der Waals surface area contributed by atoms with Gasteiger partial charge in [-0.25, -0.2) is 0 Å². The van der Waals surface area contributed by atoms with Gasteiger partial charge in [0.15, 0.2) is 0 Å². The van der Waals surface area contributed by atoms with Crippen LogP contribution >= 0.6 is 0 Å². The Labute approximate surface area is 197 Å². The molecule has 0 saturated heterocycles. The predicted molar refractivity (Wildman–Crippen MR) is 131 cm³/mol. The first-order valence-electron chi connectivity index (χ1n) is 12.0. The van der Waals surface area contributed by atoms with Gasteiger partial charge in [-0.2, -0.15) is 0 Å². The molecule has 1 aliphatic heterocycles. The summed E-state index contributed by atoms with van der Waals surface area (Å²) in [7, 11) is 4.05. The highest BCUT2D eigenvalue weighted by atomic mass is 16.5. The van der Waals surface area contributed by atoms with E-state index in [1.807, 2.05) is 50.2 Å². The smallest absolute Gasteiger partial charge is 0.242 e. The highest BCUT2D eigenvalue weighted by Crippen LogP contribution is 2.34. The molecule has 1 aromatic carbocycles. The molecule has 1 amide bonds. The lowest BCUT2D eigenvalue weighted by atomic mass is 10.1. The van der Waals surface area contributed by atoms with Gasteiger partial charge in [0.25, 0.3) is 0 Å². The Balaban J connectivity index is 1.44. The van der Waals surface area contributed by atoms with E-state index in [9.17, 15) is 4.79 Å². The largest absolute Gasteiger partial charge is 0.492 e. The van der Waals surface area contributed by atoms with Gasteiger partial charge in [-0.3, -0.25) is 14.7 Å². The van der Waals surface area contributed by atoms with Gasteiger partial charge in [0.2, 0.25) is 5.91 Å². The maximum Gasteiger partial charge on any atom is 0.242 e. The van der Waals surface area contributed by atoms with Gasteiger partial charge in [-0.05, 0) is 63.5 Å². The first kappa shape index (κ1) is 23.5. The van der Waals surface area contributed by atoms with Crippen molar-refractivity contribution in [2.24, 2.45) is 5.92 Å². The molecule has 33 heavy (non-hydrogen) atoms. The average Bonchev–Trinajstić information content (AvgIpc) is 3.63. The zero-order valence-corrected chi connectivity index (χ0v) is 20.2. The van der Waals surface area contributed by atoms with Crippen LogP contribution in [0.15, 0.2) is 36.5 Å². The van der Waals surface area contributed by atoms with Crippen molar-refractivity contribution in [3.8, 4) is 5.75 Å². The van der Waals surface area contributed by atoms with E-state index >= 15 is 0 Å². The van der Waals surface area contributed by atoms with Crippen molar-refractivity contribution < 1.29 is 9.53 Å². The molecule has 2 aliphatic rings. The van der Waals surface area contributed by atoms with E-state index in [1.54, 1.807) is 6.20 Å². The number of aryl methyl sites for hydroxylation is 1. The van der Waals surface area contributed by atoms with E-state index in [0.29, 0.717) is 19.7 Å². The van der Waals surface area contributed by atoms with Crippen LogP contribution in [0.1, 0.15) is 29.7 Å². The number of pyridine rings is 1. The molecule has 1 aliphatic carbocycles. The number of nitrogens with zero attached hydrogens (tertiary/aromatic N) is 4. The summed E-state index contributed by atoms with van der Waals surface area (Å²) >= 11 is 0. The van der Waals surface area contributed by atoms with Crippen molar-refractivity contribution in [3.63, 3.8) is 0 Å². The van der Waals surface area contributed by atoms with E-state index in [2.05, 4.69) is 26.2 Å². The van der Waals surface area contributed by atoms with Gasteiger partial charge in [-0.15, -0.1) is 0 Å². The number of aromatic nitrogens is 1. The first-order chi connectivity index (χ1) is 16.0. The Morgan fingerprint density at radius 1 is 1.21 bits per heavy atom.